The smallest absolute Gasteiger partial charge is 0.352 e. The van der Waals surface area contributed by atoms with Crippen molar-refractivity contribution in [2.45, 2.75) is 0 Å². The van der Waals surface area contributed by atoms with Crippen LogP contribution in [0.1, 0.15) is 9.67 Å². The number of para-hydroxylation sites is 1. The third kappa shape index (κ3) is 1.85. The second-order valence-corrected chi connectivity index (χ2v) is 5.38. The Balaban J connectivity index is 2.22. The molecule has 0 atom stereocenters. The predicted octanol–water partition coefficient (Wildman–Crippen LogP) is 3.23. The molecule has 5 nitrogen and oxygen atoms in total. The number of aromatic nitrogens is 2. The number of nitrogens with zero attached hydrogens (tertiary/aromatic N) is 2. The molecule has 1 aromatic carbocycles. The number of fused-ring (bicyclic) bond motifs is 1. The number of hydrogen-bond acceptors (Lipinski definition) is 5. The number of ether oxygens (including phenoxy) is 1. The van der Waals surface area contributed by atoms with Crippen LogP contribution < -0.4 is 0 Å². The minimum atomic E-state index is -0.628. The molecule has 0 saturated carbocycles. The fourth-order valence-corrected chi connectivity index (χ4v) is 3.21. The summed E-state index contributed by atoms with van der Waals surface area (Å²) in [5.41, 5.74) is 0.840. The summed E-state index contributed by atoms with van der Waals surface area (Å²) in [6.07, 6.45) is 1.69. The largest absolute Gasteiger partial charge is 0.505 e. The van der Waals surface area contributed by atoms with Crippen LogP contribution in [-0.2, 0) is 4.74 Å². The second-order valence-electron chi connectivity index (χ2n) is 4.01. The zero-order valence-electron chi connectivity index (χ0n) is 10.3. The molecule has 0 bridgehead atoms. The quantitative estimate of drug-likeness (QED) is 0.738. The van der Waals surface area contributed by atoms with Gasteiger partial charge in [0.15, 0.2) is 10.6 Å². The van der Waals surface area contributed by atoms with E-state index in [0.717, 1.165) is 22.2 Å². The summed E-state index contributed by atoms with van der Waals surface area (Å²) in [7, 11) is 1.25. The molecule has 2 aromatic heterocycles. The maximum absolute atomic E-state index is 11.6. The van der Waals surface area contributed by atoms with Gasteiger partial charge in [0.2, 0.25) is 0 Å². The molecule has 0 aliphatic heterocycles. The van der Waals surface area contributed by atoms with Crippen LogP contribution in [0, 0.1) is 0 Å². The Labute approximate surface area is 123 Å². The first kappa shape index (κ1) is 13.0. The summed E-state index contributed by atoms with van der Waals surface area (Å²) in [4.78, 5) is 11.6. The van der Waals surface area contributed by atoms with Gasteiger partial charge in [0, 0.05) is 5.39 Å². The number of methoxy groups -OCH3 is 1. The lowest BCUT2D eigenvalue weighted by Crippen LogP contribution is -1.97. The summed E-state index contributed by atoms with van der Waals surface area (Å²) in [6, 6.07) is 7.58. The number of benzene rings is 1. The van der Waals surface area contributed by atoms with Crippen LogP contribution in [0.4, 0.5) is 0 Å². The highest BCUT2D eigenvalue weighted by Gasteiger charge is 2.24. The monoisotopic (exact) mass is 308 g/mol. The van der Waals surface area contributed by atoms with E-state index in [1.54, 1.807) is 10.9 Å². The predicted molar refractivity (Wildman–Crippen MR) is 77.0 cm³/mol. The van der Waals surface area contributed by atoms with Gasteiger partial charge in [0.25, 0.3) is 0 Å². The van der Waals surface area contributed by atoms with E-state index in [1.165, 1.54) is 7.11 Å². The number of rotatable bonds is 2. The number of thiophene rings is 1. The molecule has 102 valence electrons. The molecular weight excluding hydrogens is 300 g/mol. The van der Waals surface area contributed by atoms with E-state index in [0.29, 0.717) is 5.00 Å². The zero-order chi connectivity index (χ0) is 14.3. The average molecular weight is 309 g/mol. The SMILES string of the molecule is COC(=O)c1sc(-n2ncc3ccccc32)c(Cl)c1O. The van der Waals surface area contributed by atoms with Crippen molar-refractivity contribution in [2.24, 2.45) is 0 Å². The minimum absolute atomic E-state index is 0.0621. The van der Waals surface area contributed by atoms with Crippen molar-refractivity contribution in [3.05, 3.63) is 40.4 Å². The maximum atomic E-state index is 11.6. The van der Waals surface area contributed by atoms with Crippen molar-refractivity contribution in [1.29, 1.82) is 0 Å². The van der Waals surface area contributed by atoms with E-state index in [-0.39, 0.29) is 15.6 Å². The van der Waals surface area contributed by atoms with Crippen LogP contribution in [0.15, 0.2) is 30.5 Å². The molecule has 7 heteroatoms. The van der Waals surface area contributed by atoms with Gasteiger partial charge in [-0.1, -0.05) is 29.8 Å². The highest BCUT2D eigenvalue weighted by molar-refractivity contribution is 7.17. The lowest BCUT2D eigenvalue weighted by molar-refractivity contribution is 0.0603. The zero-order valence-corrected chi connectivity index (χ0v) is 11.9. The van der Waals surface area contributed by atoms with Gasteiger partial charge in [-0.2, -0.15) is 5.10 Å². The molecule has 0 aliphatic rings. The Bertz CT molecular complexity index is 809. The number of carbonyl (C=O) groups excluding carboxylic acids is 1. The van der Waals surface area contributed by atoms with Crippen molar-refractivity contribution in [1.82, 2.24) is 9.78 Å². The molecule has 3 rings (SSSR count). The molecular formula is C13H9ClN2O3S. The topological polar surface area (TPSA) is 64.4 Å². The maximum Gasteiger partial charge on any atom is 0.352 e. The summed E-state index contributed by atoms with van der Waals surface area (Å²) < 4.78 is 6.21. The number of carbonyl (C=O) groups is 1. The highest BCUT2D eigenvalue weighted by Crippen LogP contribution is 2.42. The summed E-state index contributed by atoms with van der Waals surface area (Å²) in [6.45, 7) is 0. The molecule has 3 aromatic rings. The molecule has 0 aliphatic carbocycles. The first-order valence-corrected chi connectivity index (χ1v) is 6.85. The summed E-state index contributed by atoms with van der Waals surface area (Å²) in [5.74, 6) is -0.907. The van der Waals surface area contributed by atoms with E-state index in [2.05, 4.69) is 9.84 Å². The van der Waals surface area contributed by atoms with Crippen LogP contribution >= 0.6 is 22.9 Å². The molecule has 0 saturated heterocycles. The lowest BCUT2D eigenvalue weighted by Gasteiger charge is -2.00. The molecule has 20 heavy (non-hydrogen) atoms. The Hall–Kier alpha value is -2.05. The molecule has 0 unspecified atom stereocenters. The third-order valence-electron chi connectivity index (χ3n) is 2.85. The van der Waals surface area contributed by atoms with Gasteiger partial charge in [-0.25, -0.2) is 9.48 Å². The van der Waals surface area contributed by atoms with Crippen molar-refractivity contribution in [3.8, 4) is 10.8 Å². The Morgan fingerprint density at radius 1 is 1.45 bits per heavy atom. The van der Waals surface area contributed by atoms with Gasteiger partial charge in [-0.15, -0.1) is 11.3 Å². The van der Waals surface area contributed by atoms with Crippen LogP contribution in [0.3, 0.4) is 0 Å². The molecule has 0 fully saturated rings. The van der Waals surface area contributed by atoms with E-state index in [9.17, 15) is 9.90 Å². The van der Waals surface area contributed by atoms with Crippen LogP contribution in [0.25, 0.3) is 15.9 Å². The molecule has 0 amide bonds. The van der Waals surface area contributed by atoms with E-state index in [4.69, 9.17) is 11.6 Å². The Morgan fingerprint density at radius 2 is 2.20 bits per heavy atom. The standard InChI is InChI=1S/C13H9ClN2O3S/c1-19-13(18)11-10(17)9(14)12(20-11)16-8-5-3-2-4-7(8)6-15-16/h2-6,17H,1H3. The minimum Gasteiger partial charge on any atom is -0.505 e. The van der Waals surface area contributed by atoms with Crippen LogP contribution in [0.2, 0.25) is 5.02 Å². The molecule has 1 N–H and O–H groups in total. The van der Waals surface area contributed by atoms with Gasteiger partial charge in [-0.3, -0.25) is 0 Å². The molecule has 0 radical (unpaired) electrons. The lowest BCUT2D eigenvalue weighted by atomic mass is 10.3. The van der Waals surface area contributed by atoms with Crippen molar-refractivity contribution >= 4 is 39.8 Å². The van der Waals surface area contributed by atoms with Gasteiger partial charge >= 0.3 is 5.97 Å². The number of aromatic hydroxyl groups is 1. The van der Waals surface area contributed by atoms with Crippen LogP contribution in [-0.4, -0.2) is 28.0 Å². The first-order valence-electron chi connectivity index (χ1n) is 5.66. The van der Waals surface area contributed by atoms with Gasteiger partial charge in [0.05, 0.1) is 18.8 Å². The third-order valence-corrected chi connectivity index (χ3v) is 4.45. The van der Waals surface area contributed by atoms with Gasteiger partial charge in [-0.05, 0) is 6.07 Å². The molecule has 2 heterocycles. The van der Waals surface area contributed by atoms with Crippen molar-refractivity contribution < 1.29 is 14.6 Å². The normalized spacial score (nSPS) is 10.9. The summed E-state index contributed by atoms with van der Waals surface area (Å²) in [5, 5.41) is 15.7. The second kappa shape index (κ2) is 4.81. The number of hydrogen-bond donors (Lipinski definition) is 1. The van der Waals surface area contributed by atoms with Gasteiger partial charge < -0.3 is 9.84 Å². The van der Waals surface area contributed by atoms with E-state index in [1.807, 2.05) is 24.3 Å². The number of esters is 1. The Morgan fingerprint density at radius 3 is 2.95 bits per heavy atom. The number of halogens is 1. The average Bonchev–Trinajstić information content (AvgIpc) is 3.01. The van der Waals surface area contributed by atoms with Gasteiger partial charge in [0.1, 0.15) is 10.0 Å². The highest BCUT2D eigenvalue weighted by atomic mass is 35.5. The van der Waals surface area contributed by atoms with E-state index < -0.39 is 5.97 Å². The fraction of sp³-hybridized carbons (Fsp3) is 0.0769. The van der Waals surface area contributed by atoms with Crippen molar-refractivity contribution in [3.63, 3.8) is 0 Å². The summed E-state index contributed by atoms with van der Waals surface area (Å²) >= 11 is 7.13. The Kier molecular flexibility index (Phi) is 3.11. The van der Waals surface area contributed by atoms with E-state index >= 15 is 0 Å². The van der Waals surface area contributed by atoms with Crippen molar-refractivity contribution in [2.75, 3.05) is 7.11 Å². The molecule has 0 spiro atoms. The first-order chi connectivity index (χ1) is 9.63. The fourth-order valence-electron chi connectivity index (χ4n) is 1.89. The van der Waals surface area contributed by atoms with Crippen LogP contribution in [0.5, 0.6) is 5.75 Å².